The summed E-state index contributed by atoms with van der Waals surface area (Å²) in [5, 5.41) is 2.93. The highest BCUT2D eigenvalue weighted by Crippen LogP contribution is 2.21. The van der Waals surface area contributed by atoms with Gasteiger partial charge >= 0.3 is 0 Å². The molecule has 1 aromatic heterocycles. The zero-order valence-electron chi connectivity index (χ0n) is 10.9. The second kappa shape index (κ2) is 5.36. The van der Waals surface area contributed by atoms with Crippen LogP contribution >= 0.6 is 0 Å². The predicted molar refractivity (Wildman–Crippen MR) is 73.2 cm³/mol. The van der Waals surface area contributed by atoms with Crippen molar-refractivity contribution in [1.82, 2.24) is 5.32 Å². The molecule has 1 amide bonds. The van der Waals surface area contributed by atoms with E-state index in [4.69, 9.17) is 4.42 Å². The van der Waals surface area contributed by atoms with Crippen molar-refractivity contribution >= 4 is 11.6 Å². The fourth-order valence-electron chi connectivity index (χ4n) is 2.45. The van der Waals surface area contributed by atoms with Gasteiger partial charge in [0.05, 0.1) is 6.26 Å². The number of nitrogens with zero attached hydrogens (tertiary/aromatic N) is 1. The molecule has 0 aliphatic carbocycles. The Kier molecular flexibility index (Phi) is 3.41. The summed E-state index contributed by atoms with van der Waals surface area (Å²) in [4.78, 5) is 13.9. The fraction of sp³-hybridized carbons (Fsp3) is 0.267. The molecule has 1 aromatic carbocycles. The molecule has 1 atom stereocenters. The normalized spacial score (nSPS) is 18.2. The van der Waals surface area contributed by atoms with Crippen LogP contribution < -0.4 is 10.2 Å². The molecule has 20 heavy (non-hydrogen) atoms. The molecule has 2 aromatic rings. The third kappa shape index (κ3) is 2.66. The van der Waals surface area contributed by atoms with Crippen LogP contribution in [0.1, 0.15) is 17.0 Å². The number of furan rings is 1. The number of carbonyl (C=O) groups excluding carboxylic acids is 1. The van der Waals surface area contributed by atoms with Gasteiger partial charge in [-0.2, -0.15) is 0 Å². The quantitative estimate of drug-likeness (QED) is 0.935. The number of carbonyl (C=O) groups is 1. The van der Waals surface area contributed by atoms with E-state index in [1.807, 2.05) is 6.07 Å². The van der Waals surface area contributed by atoms with Crippen molar-refractivity contribution < 1.29 is 13.6 Å². The molecule has 104 valence electrons. The van der Waals surface area contributed by atoms with Crippen molar-refractivity contribution in [2.75, 3.05) is 18.0 Å². The second-order valence-electron chi connectivity index (χ2n) is 4.86. The molecule has 1 unspecified atom stereocenters. The summed E-state index contributed by atoms with van der Waals surface area (Å²) in [7, 11) is 0. The number of hydrogen-bond acceptors (Lipinski definition) is 3. The third-order valence-electron chi connectivity index (χ3n) is 3.44. The minimum atomic E-state index is -0.245. The number of amides is 1. The van der Waals surface area contributed by atoms with Crippen LogP contribution in [0, 0.1) is 5.82 Å². The monoisotopic (exact) mass is 274 g/mol. The van der Waals surface area contributed by atoms with Crippen LogP contribution in [0.5, 0.6) is 0 Å². The van der Waals surface area contributed by atoms with Gasteiger partial charge in [-0.15, -0.1) is 0 Å². The second-order valence-corrected chi connectivity index (χ2v) is 4.86. The average molecular weight is 274 g/mol. The third-order valence-corrected chi connectivity index (χ3v) is 3.44. The Bertz CT molecular complexity index is 598. The van der Waals surface area contributed by atoms with Crippen LogP contribution in [-0.2, 0) is 0 Å². The minimum Gasteiger partial charge on any atom is -0.459 e. The zero-order valence-corrected chi connectivity index (χ0v) is 10.9. The molecule has 5 heteroatoms. The summed E-state index contributed by atoms with van der Waals surface area (Å²) in [6, 6.07) is 9.87. The van der Waals surface area contributed by atoms with E-state index in [-0.39, 0.29) is 17.8 Å². The molecule has 1 aliphatic heterocycles. The smallest absolute Gasteiger partial charge is 0.287 e. The molecule has 1 aliphatic rings. The molecule has 2 heterocycles. The van der Waals surface area contributed by atoms with E-state index in [1.54, 1.807) is 18.2 Å². The van der Waals surface area contributed by atoms with Crippen LogP contribution in [0.25, 0.3) is 0 Å². The summed E-state index contributed by atoms with van der Waals surface area (Å²) in [6.07, 6.45) is 2.31. The number of benzene rings is 1. The van der Waals surface area contributed by atoms with Crippen molar-refractivity contribution in [2.45, 2.75) is 12.5 Å². The SMILES string of the molecule is O=C(NC1CCN(c2cccc(F)c2)C1)c1ccco1. The Labute approximate surface area is 116 Å². The van der Waals surface area contributed by atoms with E-state index < -0.39 is 0 Å². The first-order chi connectivity index (χ1) is 9.72. The molecular formula is C15H15FN2O2. The maximum Gasteiger partial charge on any atom is 0.287 e. The maximum atomic E-state index is 13.2. The number of anilines is 1. The number of nitrogens with one attached hydrogen (secondary N) is 1. The van der Waals surface area contributed by atoms with E-state index in [0.717, 1.165) is 18.7 Å². The average Bonchev–Trinajstić information content (AvgIpc) is 3.10. The standard InChI is InChI=1S/C15H15FN2O2/c16-11-3-1-4-13(9-11)18-7-6-12(10-18)17-15(19)14-5-2-8-20-14/h1-5,8-9,12H,6-7,10H2,(H,17,19). The summed E-state index contributed by atoms with van der Waals surface area (Å²) >= 11 is 0. The predicted octanol–water partition coefficient (Wildman–Crippen LogP) is 2.43. The van der Waals surface area contributed by atoms with E-state index in [2.05, 4.69) is 10.2 Å². The summed E-state index contributed by atoms with van der Waals surface area (Å²) in [6.45, 7) is 1.47. The lowest BCUT2D eigenvalue weighted by Crippen LogP contribution is -2.36. The summed E-state index contributed by atoms with van der Waals surface area (Å²) in [5.41, 5.74) is 0.847. The van der Waals surface area contributed by atoms with Crippen molar-refractivity contribution in [3.63, 3.8) is 0 Å². The Balaban J connectivity index is 1.61. The first-order valence-electron chi connectivity index (χ1n) is 6.57. The fourth-order valence-corrected chi connectivity index (χ4v) is 2.45. The zero-order chi connectivity index (χ0) is 13.9. The van der Waals surface area contributed by atoms with Gasteiger partial charge in [-0.25, -0.2) is 4.39 Å². The van der Waals surface area contributed by atoms with Crippen LogP contribution in [0.4, 0.5) is 10.1 Å². The van der Waals surface area contributed by atoms with Gasteiger partial charge in [-0.05, 0) is 36.8 Å². The Morgan fingerprint density at radius 3 is 3.00 bits per heavy atom. The Hall–Kier alpha value is -2.30. The number of hydrogen-bond donors (Lipinski definition) is 1. The van der Waals surface area contributed by atoms with Gasteiger partial charge in [-0.3, -0.25) is 4.79 Å². The van der Waals surface area contributed by atoms with Gasteiger partial charge in [0.25, 0.3) is 5.91 Å². The molecule has 4 nitrogen and oxygen atoms in total. The van der Waals surface area contributed by atoms with Crippen LogP contribution in [0.15, 0.2) is 47.1 Å². The van der Waals surface area contributed by atoms with Crippen LogP contribution in [-0.4, -0.2) is 25.0 Å². The molecular weight excluding hydrogens is 259 g/mol. The van der Waals surface area contributed by atoms with E-state index in [0.29, 0.717) is 12.3 Å². The molecule has 0 bridgehead atoms. The van der Waals surface area contributed by atoms with Gasteiger partial charge in [0.1, 0.15) is 5.82 Å². The molecule has 3 rings (SSSR count). The first kappa shape index (κ1) is 12.7. The van der Waals surface area contributed by atoms with Gasteiger partial charge < -0.3 is 14.6 Å². The molecule has 0 radical (unpaired) electrons. The van der Waals surface area contributed by atoms with Crippen LogP contribution in [0.2, 0.25) is 0 Å². The van der Waals surface area contributed by atoms with Crippen molar-refractivity contribution in [1.29, 1.82) is 0 Å². The highest BCUT2D eigenvalue weighted by molar-refractivity contribution is 5.91. The summed E-state index contributed by atoms with van der Waals surface area (Å²) in [5.74, 6) is -0.138. The van der Waals surface area contributed by atoms with E-state index in [1.165, 1.54) is 18.4 Å². The lowest BCUT2D eigenvalue weighted by molar-refractivity contribution is 0.0912. The highest BCUT2D eigenvalue weighted by atomic mass is 19.1. The van der Waals surface area contributed by atoms with Gasteiger partial charge in [0.2, 0.25) is 0 Å². The molecule has 0 spiro atoms. The van der Waals surface area contributed by atoms with Gasteiger partial charge in [0.15, 0.2) is 5.76 Å². The van der Waals surface area contributed by atoms with Crippen molar-refractivity contribution in [2.24, 2.45) is 0 Å². The Morgan fingerprint density at radius 1 is 1.35 bits per heavy atom. The first-order valence-corrected chi connectivity index (χ1v) is 6.57. The largest absolute Gasteiger partial charge is 0.459 e. The molecule has 0 saturated carbocycles. The number of halogens is 1. The van der Waals surface area contributed by atoms with Crippen molar-refractivity contribution in [3.05, 3.63) is 54.2 Å². The Morgan fingerprint density at radius 2 is 2.25 bits per heavy atom. The molecule has 1 fully saturated rings. The lowest BCUT2D eigenvalue weighted by Gasteiger charge is -2.18. The molecule has 1 N–H and O–H groups in total. The maximum absolute atomic E-state index is 13.2. The van der Waals surface area contributed by atoms with E-state index >= 15 is 0 Å². The van der Waals surface area contributed by atoms with Gasteiger partial charge in [0, 0.05) is 24.8 Å². The lowest BCUT2D eigenvalue weighted by atomic mass is 10.2. The van der Waals surface area contributed by atoms with Gasteiger partial charge in [-0.1, -0.05) is 6.07 Å². The van der Waals surface area contributed by atoms with Crippen molar-refractivity contribution in [3.8, 4) is 0 Å². The minimum absolute atomic E-state index is 0.0517. The molecule has 1 saturated heterocycles. The van der Waals surface area contributed by atoms with Crippen LogP contribution in [0.3, 0.4) is 0 Å². The highest BCUT2D eigenvalue weighted by Gasteiger charge is 2.25. The van der Waals surface area contributed by atoms with E-state index in [9.17, 15) is 9.18 Å². The number of rotatable bonds is 3. The topological polar surface area (TPSA) is 45.5 Å². The summed E-state index contributed by atoms with van der Waals surface area (Å²) < 4.78 is 18.3.